The molecule has 4 nitrogen and oxygen atoms in total. The van der Waals surface area contributed by atoms with Crippen LogP contribution >= 0.6 is 34.4 Å². The quantitative estimate of drug-likeness (QED) is 0.805. The molecular formula is C9H14IN3OS. The highest BCUT2D eigenvalue weighted by atomic mass is 127. The van der Waals surface area contributed by atoms with Crippen molar-refractivity contribution in [3.05, 3.63) is 20.3 Å². The van der Waals surface area contributed by atoms with E-state index in [9.17, 15) is 4.79 Å². The molecule has 1 heterocycles. The number of nitrogens with zero attached hydrogens (tertiary/aromatic N) is 1. The van der Waals surface area contributed by atoms with Crippen molar-refractivity contribution in [3.8, 4) is 0 Å². The standard InChI is InChI=1S/C9H14IN3OS/c1-3-15-4-6(2)13-8-7(10)9(14)12-5-11-8/h5-6H,3-4H2,1-2H3,(H2,11,12,13,14). The Bertz CT molecular complexity index is 369. The predicted molar refractivity (Wildman–Crippen MR) is 73.7 cm³/mol. The van der Waals surface area contributed by atoms with E-state index in [0.717, 1.165) is 11.5 Å². The third-order valence-corrected chi connectivity index (χ3v) is 3.90. The molecule has 1 unspecified atom stereocenters. The van der Waals surface area contributed by atoms with Gasteiger partial charge in [0.15, 0.2) is 0 Å². The Kier molecular flexibility index (Phi) is 5.44. The summed E-state index contributed by atoms with van der Waals surface area (Å²) in [5.41, 5.74) is -0.0940. The highest BCUT2D eigenvalue weighted by molar-refractivity contribution is 14.1. The van der Waals surface area contributed by atoms with Crippen LogP contribution in [0.25, 0.3) is 0 Å². The normalized spacial score (nSPS) is 12.5. The van der Waals surface area contributed by atoms with Gasteiger partial charge in [-0.15, -0.1) is 0 Å². The SMILES string of the molecule is CCSCC(C)Nc1nc[nH]c(=O)c1I. The molecule has 0 bridgehead atoms. The second kappa shape index (κ2) is 6.37. The van der Waals surface area contributed by atoms with E-state index in [1.54, 1.807) is 0 Å². The maximum atomic E-state index is 11.3. The van der Waals surface area contributed by atoms with Gasteiger partial charge in [0.25, 0.3) is 5.56 Å². The maximum absolute atomic E-state index is 11.3. The monoisotopic (exact) mass is 339 g/mol. The minimum absolute atomic E-state index is 0.0940. The fraction of sp³-hybridized carbons (Fsp3) is 0.556. The van der Waals surface area contributed by atoms with E-state index in [0.29, 0.717) is 15.4 Å². The molecule has 15 heavy (non-hydrogen) atoms. The van der Waals surface area contributed by atoms with Gasteiger partial charge >= 0.3 is 0 Å². The minimum Gasteiger partial charge on any atom is -0.366 e. The summed E-state index contributed by atoms with van der Waals surface area (Å²) in [7, 11) is 0. The summed E-state index contributed by atoms with van der Waals surface area (Å²) in [4.78, 5) is 17.9. The highest BCUT2D eigenvalue weighted by Crippen LogP contribution is 2.12. The number of thioether (sulfide) groups is 1. The molecule has 1 aromatic heterocycles. The largest absolute Gasteiger partial charge is 0.366 e. The molecule has 2 N–H and O–H groups in total. The molecule has 0 spiro atoms. The molecule has 0 saturated carbocycles. The summed E-state index contributed by atoms with van der Waals surface area (Å²) in [6.07, 6.45) is 1.42. The third-order valence-electron chi connectivity index (χ3n) is 1.75. The molecule has 0 aliphatic rings. The fourth-order valence-electron chi connectivity index (χ4n) is 1.05. The van der Waals surface area contributed by atoms with Gasteiger partial charge in [0, 0.05) is 11.8 Å². The summed E-state index contributed by atoms with van der Waals surface area (Å²) in [5.74, 6) is 2.79. The van der Waals surface area contributed by atoms with Crippen LogP contribution in [-0.4, -0.2) is 27.5 Å². The Morgan fingerprint density at radius 3 is 3.13 bits per heavy atom. The van der Waals surface area contributed by atoms with Crippen molar-refractivity contribution in [2.24, 2.45) is 0 Å². The van der Waals surface area contributed by atoms with Crippen LogP contribution in [0.3, 0.4) is 0 Å². The lowest BCUT2D eigenvalue weighted by molar-refractivity contribution is 0.893. The van der Waals surface area contributed by atoms with Crippen LogP contribution in [0.15, 0.2) is 11.1 Å². The van der Waals surface area contributed by atoms with E-state index < -0.39 is 0 Å². The Balaban J connectivity index is 2.64. The predicted octanol–water partition coefficient (Wildman–Crippen LogP) is 1.93. The Labute approximate surface area is 107 Å². The average molecular weight is 339 g/mol. The van der Waals surface area contributed by atoms with E-state index >= 15 is 0 Å². The second-order valence-electron chi connectivity index (χ2n) is 3.10. The number of nitrogens with one attached hydrogen (secondary N) is 2. The molecule has 84 valence electrons. The van der Waals surface area contributed by atoms with E-state index in [1.165, 1.54) is 6.33 Å². The van der Waals surface area contributed by atoms with Gasteiger partial charge in [-0.3, -0.25) is 4.79 Å². The molecule has 0 aromatic carbocycles. The first-order valence-electron chi connectivity index (χ1n) is 4.72. The van der Waals surface area contributed by atoms with Crippen LogP contribution in [-0.2, 0) is 0 Å². The molecule has 0 aliphatic carbocycles. The van der Waals surface area contributed by atoms with Crippen LogP contribution in [0, 0.1) is 3.57 Å². The summed E-state index contributed by atoms with van der Waals surface area (Å²) in [5, 5.41) is 3.23. The van der Waals surface area contributed by atoms with Crippen LogP contribution in [0.1, 0.15) is 13.8 Å². The zero-order valence-electron chi connectivity index (χ0n) is 8.71. The lowest BCUT2D eigenvalue weighted by atomic mass is 10.4. The van der Waals surface area contributed by atoms with Crippen molar-refractivity contribution in [2.45, 2.75) is 19.9 Å². The Hall–Kier alpha value is -0.240. The fourth-order valence-corrected chi connectivity index (χ4v) is 2.18. The summed E-state index contributed by atoms with van der Waals surface area (Å²) in [6, 6.07) is 0.317. The van der Waals surface area contributed by atoms with Crippen molar-refractivity contribution in [1.82, 2.24) is 9.97 Å². The van der Waals surface area contributed by atoms with Gasteiger partial charge in [-0.2, -0.15) is 11.8 Å². The number of halogens is 1. The number of H-pyrrole nitrogens is 1. The maximum Gasteiger partial charge on any atom is 0.266 e. The molecule has 0 saturated heterocycles. The van der Waals surface area contributed by atoms with Gasteiger partial charge in [0.2, 0.25) is 0 Å². The number of aromatic amines is 1. The van der Waals surface area contributed by atoms with Crippen molar-refractivity contribution < 1.29 is 0 Å². The molecule has 1 atom stereocenters. The van der Waals surface area contributed by atoms with E-state index in [-0.39, 0.29) is 5.56 Å². The Morgan fingerprint density at radius 2 is 2.47 bits per heavy atom. The topological polar surface area (TPSA) is 57.8 Å². The third kappa shape index (κ3) is 4.02. The van der Waals surface area contributed by atoms with Gasteiger partial charge in [0.1, 0.15) is 9.39 Å². The highest BCUT2D eigenvalue weighted by Gasteiger charge is 2.08. The number of hydrogen-bond acceptors (Lipinski definition) is 4. The minimum atomic E-state index is -0.0940. The van der Waals surface area contributed by atoms with Crippen molar-refractivity contribution >= 4 is 40.2 Å². The van der Waals surface area contributed by atoms with Gasteiger partial charge in [-0.1, -0.05) is 6.92 Å². The van der Waals surface area contributed by atoms with Crippen LogP contribution in [0.5, 0.6) is 0 Å². The van der Waals surface area contributed by atoms with Crippen molar-refractivity contribution in [2.75, 3.05) is 16.8 Å². The average Bonchev–Trinajstić information content (AvgIpc) is 2.22. The first-order valence-corrected chi connectivity index (χ1v) is 6.96. The van der Waals surface area contributed by atoms with Crippen LogP contribution in [0.2, 0.25) is 0 Å². The second-order valence-corrected chi connectivity index (χ2v) is 5.50. The molecule has 1 aromatic rings. The lowest BCUT2D eigenvalue weighted by Gasteiger charge is -2.13. The van der Waals surface area contributed by atoms with E-state index in [2.05, 4.69) is 29.1 Å². The van der Waals surface area contributed by atoms with Gasteiger partial charge in [-0.25, -0.2) is 4.98 Å². The van der Waals surface area contributed by atoms with Crippen LogP contribution < -0.4 is 10.9 Å². The zero-order valence-corrected chi connectivity index (χ0v) is 11.7. The van der Waals surface area contributed by atoms with Crippen molar-refractivity contribution in [1.29, 1.82) is 0 Å². The van der Waals surface area contributed by atoms with Crippen molar-refractivity contribution in [3.63, 3.8) is 0 Å². The van der Waals surface area contributed by atoms with Gasteiger partial charge < -0.3 is 10.3 Å². The van der Waals surface area contributed by atoms with Gasteiger partial charge in [-0.05, 0) is 35.3 Å². The Morgan fingerprint density at radius 1 is 1.73 bits per heavy atom. The molecule has 6 heteroatoms. The molecule has 0 amide bonds. The summed E-state index contributed by atoms with van der Waals surface area (Å²) >= 11 is 3.87. The van der Waals surface area contributed by atoms with E-state index in [1.807, 2.05) is 34.4 Å². The first kappa shape index (κ1) is 12.8. The van der Waals surface area contributed by atoms with Gasteiger partial charge in [0.05, 0.1) is 6.33 Å². The molecular weight excluding hydrogens is 325 g/mol. The lowest BCUT2D eigenvalue weighted by Crippen LogP contribution is -2.22. The number of hydrogen-bond donors (Lipinski definition) is 2. The first-order chi connectivity index (χ1) is 7.15. The summed E-state index contributed by atoms with van der Waals surface area (Å²) < 4.78 is 0.614. The number of aromatic nitrogens is 2. The van der Waals surface area contributed by atoms with Crippen LogP contribution in [0.4, 0.5) is 5.82 Å². The summed E-state index contributed by atoms with van der Waals surface area (Å²) in [6.45, 7) is 4.22. The van der Waals surface area contributed by atoms with E-state index in [4.69, 9.17) is 0 Å². The smallest absolute Gasteiger partial charge is 0.266 e. The number of anilines is 1. The molecule has 0 fully saturated rings. The number of rotatable bonds is 5. The molecule has 0 aliphatic heterocycles. The molecule has 0 radical (unpaired) electrons. The zero-order chi connectivity index (χ0) is 11.3. The molecule has 1 rings (SSSR count).